The van der Waals surface area contributed by atoms with Gasteiger partial charge < -0.3 is 20.5 Å². The number of carbonyl (C=O) groups excluding carboxylic acids is 3. The molecule has 3 N–H and O–H groups in total. The van der Waals surface area contributed by atoms with Crippen LogP contribution in [0.3, 0.4) is 0 Å². The summed E-state index contributed by atoms with van der Waals surface area (Å²) in [6.45, 7) is -0.0673. The highest BCUT2D eigenvalue weighted by Crippen LogP contribution is 2.04. The van der Waals surface area contributed by atoms with Gasteiger partial charge >= 0.3 is 18.0 Å². The number of primary amides is 1. The molecule has 0 fully saturated rings. The van der Waals surface area contributed by atoms with Crippen LogP contribution in [0.5, 0.6) is 0 Å². The van der Waals surface area contributed by atoms with Crippen molar-refractivity contribution in [2.24, 2.45) is 5.73 Å². The molecule has 7 heteroatoms. The Morgan fingerprint density at radius 2 is 1.82 bits per heavy atom. The first-order valence-corrected chi connectivity index (χ1v) is 6.54. The number of amides is 2. The van der Waals surface area contributed by atoms with Crippen molar-refractivity contribution in [1.29, 1.82) is 0 Å². The number of benzene rings is 1. The number of hydrogen-bond acceptors (Lipinski definition) is 5. The summed E-state index contributed by atoms with van der Waals surface area (Å²) >= 11 is 0. The maximum absolute atomic E-state index is 11.4. The standard InChI is InChI=1S/C15H18N2O5/c1-21-13(18)7-8-14(19)22-10-12(17-15(16)20)9-11-5-3-2-4-6-11/h2-8,12H,9-10H2,1H3,(H3,16,17,20)/b8-7+/t12-/m1/s1. The summed E-state index contributed by atoms with van der Waals surface area (Å²) in [5, 5.41) is 2.51. The third kappa shape index (κ3) is 7.09. The van der Waals surface area contributed by atoms with Gasteiger partial charge in [-0.05, 0) is 12.0 Å². The van der Waals surface area contributed by atoms with Crippen molar-refractivity contribution < 1.29 is 23.9 Å². The second kappa shape index (κ2) is 9.17. The van der Waals surface area contributed by atoms with Crippen LogP contribution in [0.25, 0.3) is 0 Å². The van der Waals surface area contributed by atoms with Crippen LogP contribution in [-0.4, -0.2) is 37.7 Å². The van der Waals surface area contributed by atoms with Crippen molar-refractivity contribution in [2.45, 2.75) is 12.5 Å². The molecule has 1 atom stereocenters. The van der Waals surface area contributed by atoms with Gasteiger partial charge in [-0.2, -0.15) is 0 Å². The molecule has 0 heterocycles. The molecule has 0 saturated carbocycles. The lowest BCUT2D eigenvalue weighted by Crippen LogP contribution is -2.43. The Bertz CT molecular complexity index is 542. The fourth-order valence-corrected chi connectivity index (χ4v) is 1.69. The Labute approximate surface area is 128 Å². The summed E-state index contributed by atoms with van der Waals surface area (Å²) in [6.07, 6.45) is 2.36. The van der Waals surface area contributed by atoms with Crippen molar-refractivity contribution >= 4 is 18.0 Å². The fraction of sp³-hybridized carbons (Fsp3) is 0.267. The third-order valence-corrected chi connectivity index (χ3v) is 2.65. The summed E-state index contributed by atoms with van der Waals surface area (Å²) in [7, 11) is 1.20. The smallest absolute Gasteiger partial charge is 0.331 e. The first-order valence-electron chi connectivity index (χ1n) is 6.54. The first kappa shape index (κ1) is 17.2. The van der Waals surface area contributed by atoms with E-state index in [1.807, 2.05) is 30.3 Å². The Kier molecular flexibility index (Phi) is 7.18. The number of carbonyl (C=O) groups is 3. The minimum Gasteiger partial charge on any atom is -0.466 e. The van der Waals surface area contributed by atoms with Gasteiger partial charge in [-0.15, -0.1) is 0 Å². The minimum absolute atomic E-state index is 0.0673. The molecule has 0 spiro atoms. The maximum Gasteiger partial charge on any atom is 0.331 e. The number of hydrogen-bond donors (Lipinski definition) is 2. The number of ether oxygens (including phenoxy) is 2. The van der Waals surface area contributed by atoms with E-state index >= 15 is 0 Å². The molecule has 0 bridgehead atoms. The molecule has 2 amide bonds. The first-order chi connectivity index (χ1) is 10.5. The molecule has 1 aromatic rings. The third-order valence-electron chi connectivity index (χ3n) is 2.65. The van der Waals surface area contributed by atoms with Gasteiger partial charge in [0.25, 0.3) is 0 Å². The number of nitrogens with two attached hydrogens (primary N) is 1. The Balaban J connectivity index is 2.54. The van der Waals surface area contributed by atoms with Gasteiger partial charge in [-0.3, -0.25) is 0 Å². The molecule has 0 aliphatic rings. The number of rotatable bonds is 7. The van der Waals surface area contributed by atoms with Crippen LogP contribution in [0.2, 0.25) is 0 Å². The Morgan fingerprint density at radius 1 is 1.18 bits per heavy atom. The average molecular weight is 306 g/mol. The largest absolute Gasteiger partial charge is 0.466 e. The van der Waals surface area contributed by atoms with Gasteiger partial charge in [-0.1, -0.05) is 30.3 Å². The molecule has 1 aromatic carbocycles. The van der Waals surface area contributed by atoms with E-state index in [4.69, 9.17) is 10.5 Å². The lowest BCUT2D eigenvalue weighted by atomic mass is 10.1. The molecule has 0 aliphatic heterocycles. The summed E-state index contributed by atoms with van der Waals surface area (Å²) in [4.78, 5) is 33.3. The van der Waals surface area contributed by atoms with E-state index in [0.717, 1.165) is 17.7 Å². The molecule has 22 heavy (non-hydrogen) atoms. The molecule has 1 rings (SSSR count). The second-order valence-electron chi connectivity index (χ2n) is 4.38. The van der Waals surface area contributed by atoms with E-state index < -0.39 is 24.0 Å². The van der Waals surface area contributed by atoms with E-state index in [9.17, 15) is 14.4 Å². The van der Waals surface area contributed by atoms with Crippen LogP contribution < -0.4 is 11.1 Å². The molecule has 7 nitrogen and oxygen atoms in total. The van der Waals surface area contributed by atoms with Crippen molar-refractivity contribution in [1.82, 2.24) is 5.32 Å². The van der Waals surface area contributed by atoms with Gasteiger partial charge in [0.15, 0.2) is 0 Å². The van der Waals surface area contributed by atoms with Gasteiger partial charge in [0.05, 0.1) is 13.2 Å². The zero-order chi connectivity index (χ0) is 16.4. The number of nitrogens with one attached hydrogen (secondary N) is 1. The normalized spacial score (nSPS) is 11.7. The Morgan fingerprint density at radius 3 is 2.41 bits per heavy atom. The van der Waals surface area contributed by atoms with E-state index in [-0.39, 0.29) is 6.61 Å². The van der Waals surface area contributed by atoms with Crippen LogP contribution in [0.4, 0.5) is 4.79 Å². The van der Waals surface area contributed by atoms with Gasteiger partial charge in [0, 0.05) is 12.2 Å². The Hall–Kier alpha value is -2.83. The quantitative estimate of drug-likeness (QED) is 0.564. The highest BCUT2D eigenvalue weighted by atomic mass is 16.5. The zero-order valence-corrected chi connectivity index (χ0v) is 12.2. The lowest BCUT2D eigenvalue weighted by molar-refractivity contribution is -0.139. The van der Waals surface area contributed by atoms with Crippen LogP contribution >= 0.6 is 0 Å². The van der Waals surface area contributed by atoms with E-state index in [1.165, 1.54) is 7.11 Å². The highest BCUT2D eigenvalue weighted by molar-refractivity contribution is 5.91. The number of esters is 2. The van der Waals surface area contributed by atoms with Crippen LogP contribution in [0.15, 0.2) is 42.5 Å². The summed E-state index contributed by atoms with van der Waals surface area (Å²) < 4.78 is 9.32. The van der Waals surface area contributed by atoms with Gasteiger partial charge in [0.1, 0.15) is 6.61 Å². The number of urea groups is 1. The van der Waals surface area contributed by atoms with Gasteiger partial charge in [-0.25, -0.2) is 14.4 Å². The monoisotopic (exact) mass is 306 g/mol. The van der Waals surface area contributed by atoms with Crippen molar-refractivity contribution in [2.75, 3.05) is 13.7 Å². The average Bonchev–Trinajstić information content (AvgIpc) is 2.50. The molecular weight excluding hydrogens is 288 g/mol. The fourth-order valence-electron chi connectivity index (χ4n) is 1.69. The summed E-state index contributed by atoms with van der Waals surface area (Å²) in [6, 6.07) is 8.20. The van der Waals surface area contributed by atoms with E-state index in [0.29, 0.717) is 6.42 Å². The van der Waals surface area contributed by atoms with Crippen LogP contribution in [0, 0.1) is 0 Å². The van der Waals surface area contributed by atoms with Gasteiger partial charge in [0.2, 0.25) is 0 Å². The van der Waals surface area contributed by atoms with E-state index in [1.54, 1.807) is 0 Å². The second-order valence-corrected chi connectivity index (χ2v) is 4.38. The minimum atomic E-state index is -0.713. The maximum atomic E-state index is 11.4. The van der Waals surface area contributed by atoms with E-state index in [2.05, 4.69) is 10.1 Å². The molecule has 0 saturated heterocycles. The number of methoxy groups -OCH3 is 1. The van der Waals surface area contributed by atoms with Crippen molar-refractivity contribution in [3.8, 4) is 0 Å². The molecular formula is C15H18N2O5. The summed E-state index contributed by atoms with van der Waals surface area (Å²) in [5.74, 6) is -1.37. The van der Waals surface area contributed by atoms with Crippen LogP contribution in [-0.2, 0) is 25.5 Å². The topological polar surface area (TPSA) is 108 Å². The zero-order valence-electron chi connectivity index (χ0n) is 12.2. The predicted molar refractivity (Wildman–Crippen MR) is 78.8 cm³/mol. The van der Waals surface area contributed by atoms with Crippen LogP contribution in [0.1, 0.15) is 5.56 Å². The predicted octanol–water partition coefficient (Wildman–Crippen LogP) is 0.538. The lowest BCUT2D eigenvalue weighted by Gasteiger charge is -2.17. The molecule has 0 unspecified atom stereocenters. The van der Waals surface area contributed by atoms with Crippen molar-refractivity contribution in [3.63, 3.8) is 0 Å². The van der Waals surface area contributed by atoms with Crippen molar-refractivity contribution in [3.05, 3.63) is 48.0 Å². The SMILES string of the molecule is COC(=O)/C=C/C(=O)OC[C@@H](Cc1ccccc1)NC(N)=O. The molecule has 118 valence electrons. The molecule has 0 radical (unpaired) electrons. The highest BCUT2D eigenvalue weighted by Gasteiger charge is 2.13. The molecule has 0 aliphatic carbocycles. The molecule has 0 aromatic heterocycles. The summed E-state index contributed by atoms with van der Waals surface area (Å²) in [5.41, 5.74) is 6.06.